The largest absolute Gasteiger partial charge is 0.402 e. The lowest BCUT2D eigenvalue weighted by atomic mass is 10.0. The van der Waals surface area contributed by atoms with E-state index in [-0.39, 0.29) is 0 Å². The third-order valence-electron chi connectivity index (χ3n) is 1.23. The highest BCUT2D eigenvalue weighted by molar-refractivity contribution is 5.23. The maximum absolute atomic E-state index is 5.54. The molecule has 9 heavy (non-hydrogen) atoms. The van der Waals surface area contributed by atoms with Crippen LogP contribution in [0.3, 0.4) is 0 Å². The van der Waals surface area contributed by atoms with Crippen molar-refractivity contribution in [2.24, 2.45) is 17.2 Å². The normalized spacial score (nSPS) is 23.6. The molecule has 0 spiro atoms. The van der Waals surface area contributed by atoms with Crippen LogP contribution in [0, 0.1) is 0 Å². The average Bonchev–Trinajstić information content (AvgIpc) is 1.60. The Kier molecular flexibility index (Phi) is 1.31. The van der Waals surface area contributed by atoms with Crippen molar-refractivity contribution in [3.05, 3.63) is 23.9 Å². The second-order valence-corrected chi connectivity index (χ2v) is 2.39. The van der Waals surface area contributed by atoms with E-state index in [1.54, 1.807) is 18.2 Å². The summed E-state index contributed by atoms with van der Waals surface area (Å²) in [7, 11) is 0. The molecule has 0 bridgehead atoms. The van der Waals surface area contributed by atoms with Gasteiger partial charge in [0.1, 0.15) is 0 Å². The summed E-state index contributed by atoms with van der Waals surface area (Å²) in [4.78, 5) is 0. The molecule has 50 valence electrons. The Hall–Kier alpha value is -0.800. The van der Waals surface area contributed by atoms with Crippen molar-refractivity contribution in [2.45, 2.75) is 12.1 Å². The van der Waals surface area contributed by atoms with Crippen molar-refractivity contribution >= 4 is 0 Å². The maximum atomic E-state index is 5.54. The minimum atomic E-state index is -0.723. The maximum Gasteiger partial charge on any atom is 0.0887 e. The molecular formula is C6H11N3. The van der Waals surface area contributed by atoms with Crippen LogP contribution in [0.5, 0.6) is 0 Å². The molecule has 0 heterocycles. The highest BCUT2D eigenvalue weighted by Gasteiger charge is 2.17. The van der Waals surface area contributed by atoms with E-state index in [9.17, 15) is 0 Å². The van der Waals surface area contributed by atoms with Gasteiger partial charge in [0.25, 0.3) is 0 Å². The third kappa shape index (κ3) is 1.55. The first-order valence-electron chi connectivity index (χ1n) is 2.82. The van der Waals surface area contributed by atoms with Gasteiger partial charge in [-0.3, -0.25) is 0 Å². The van der Waals surface area contributed by atoms with E-state index in [1.807, 2.05) is 0 Å². The van der Waals surface area contributed by atoms with Crippen molar-refractivity contribution in [3.63, 3.8) is 0 Å². The summed E-state index contributed by atoms with van der Waals surface area (Å²) in [6, 6.07) is 0. The fourth-order valence-electron chi connectivity index (χ4n) is 0.822. The Morgan fingerprint density at radius 1 is 1.44 bits per heavy atom. The van der Waals surface area contributed by atoms with Gasteiger partial charge in [0.05, 0.1) is 5.66 Å². The molecule has 0 saturated carbocycles. The molecule has 1 aliphatic carbocycles. The third-order valence-corrected chi connectivity index (χ3v) is 1.23. The average molecular weight is 125 g/mol. The monoisotopic (exact) mass is 125 g/mol. The molecule has 0 fully saturated rings. The quantitative estimate of drug-likeness (QED) is 0.378. The second-order valence-electron chi connectivity index (χ2n) is 2.39. The Balaban J connectivity index is 2.73. The van der Waals surface area contributed by atoms with Gasteiger partial charge in [0.2, 0.25) is 0 Å². The van der Waals surface area contributed by atoms with Gasteiger partial charge >= 0.3 is 0 Å². The topological polar surface area (TPSA) is 78.1 Å². The molecule has 0 aliphatic heterocycles. The van der Waals surface area contributed by atoms with Crippen LogP contribution in [-0.2, 0) is 0 Å². The number of hydrogen-bond donors (Lipinski definition) is 3. The fraction of sp³-hybridized carbons (Fsp3) is 0.333. The van der Waals surface area contributed by atoms with Gasteiger partial charge in [-0.15, -0.1) is 0 Å². The van der Waals surface area contributed by atoms with E-state index in [0.29, 0.717) is 6.42 Å². The highest BCUT2D eigenvalue weighted by atomic mass is 14.9. The van der Waals surface area contributed by atoms with E-state index < -0.39 is 5.66 Å². The Morgan fingerprint density at radius 2 is 2.11 bits per heavy atom. The van der Waals surface area contributed by atoms with Crippen molar-refractivity contribution < 1.29 is 0 Å². The molecule has 0 saturated heterocycles. The summed E-state index contributed by atoms with van der Waals surface area (Å²) in [5, 5.41) is 0. The lowest BCUT2D eigenvalue weighted by molar-refractivity contribution is 0.539. The SMILES string of the molecule is NC1=CC=CC(N)(N)C1. The second kappa shape index (κ2) is 1.86. The van der Waals surface area contributed by atoms with E-state index >= 15 is 0 Å². The van der Waals surface area contributed by atoms with Gasteiger partial charge in [-0.25, -0.2) is 0 Å². The summed E-state index contributed by atoms with van der Waals surface area (Å²) >= 11 is 0. The lowest BCUT2D eigenvalue weighted by Crippen LogP contribution is -2.49. The zero-order valence-corrected chi connectivity index (χ0v) is 5.17. The zero-order valence-electron chi connectivity index (χ0n) is 5.17. The van der Waals surface area contributed by atoms with Crippen LogP contribution >= 0.6 is 0 Å². The molecule has 0 unspecified atom stereocenters. The summed E-state index contributed by atoms with van der Waals surface area (Å²) in [5.74, 6) is 0. The minimum Gasteiger partial charge on any atom is -0.402 e. The smallest absolute Gasteiger partial charge is 0.0887 e. The van der Waals surface area contributed by atoms with Crippen LogP contribution in [-0.4, -0.2) is 5.66 Å². The molecule has 0 aromatic rings. The summed E-state index contributed by atoms with van der Waals surface area (Å²) in [5.41, 5.74) is 16.6. The molecule has 0 aromatic carbocycles. The minimum absolute atomic E-state index is 0.545. The zero-order chi connectivity index (χ0) is 6.91. The van der Waals surface area contributed by atoms with Crippen LogP contribution in [0.15, 0.2) is 23.9 Å². The van der Waals surface area contributed by atoms with Crippen molar-refractivity contribution in [1.29, 1.82) is 0 Å². The molecule has 0 aromatic heterocycles. The van der Waals surface area contributed by atoms with E-state index in [4.69, 9.17) is 17.2 Å². The molecule has 0 radical (unpaired) electrons. The first-order valence-corrected chi connectivity index (χ1v) is 2.82. The Morgan fingerprint density at radius 3 is 2.44 bits per heavy atom. The number of rotatable bonds is 0. The van der Waals surface area contributed by atoms with Crippen LogP contribution in [0.25, 0.3) is 0 Å². The van der Waals surface area contributed by atoms with Gasteiger partial charge in [-0.1, -0.05) is 12.2 Å². The molecular weight excluding hydrogens is 114 g/mol. The molecule has 6 N–H and O–H groups in total. The van der Waals surface area contributed by atoms with Crippen molar-refractivity contribution in [2.75, 3.05) is 0 Å². The van der Waals surface area contributed by atoms with Crippen LogP contribution < -0.4 is 17.2 Å². The Labute approximate surface area is 54.2 Å². The van der Waals surface area contributed by atoms with Crippen LogP contribution in [0.2, 0.25) is 0 Å². The van der Waals surface area contributed by atoms with E-state index in [1.165, 1.54) is 0 Å². The number of hydrogen-bond acceptors (Lipinski definition) is 3. The summed E-state index contributed by atoms with van der Waals surface area (Å²) in [6.07, 6.45) is 5.86. The molecule has 0 atom stereocenters. The summed E-state index contributed by atoms with van der Waals surface area (Å²) < 4.78 is 0. The van der Waals surface area contributed by atoms with Crippen molar-refractivity contribution in [3.8, 4) is 0 Å². The van der Waals surface area contributed by atoms with Crippen molar-refractivity contribution in [1.82, 2.24) is 0 Å². The summed E-state index contributed by atoms with van der Waals surface area (Å²) in [6.45, 7) is 0. The first-order chi connectivity index (χ1) is 4.10. The highest BCUT2D eigenvalue weighted by Crippen LogP contribution is 2.10. The predicted molar refractivity (Wildman–Crippen MR) is 37.1 cm³/mol. The van der Waals surface area contributed by atoms with Gasteiger partial charge in [-0.2, -0.15) is 0 Å². The first kappa shape index (κ1) is 6.32. The fourth-order valence-corrected chi connectivity index (χ4v) is 0.822. The Bertz CT molecular complexity index is 167. The van der Waals surface area contributed by atoms with E-state index in [0.717, 1.165) is 5.70 Å². The predicted octanol–water partition coefficient (Wildman–Crippen LogP) is -0.597. The standard InChI is InChI=1S/C6H11N3/c7-5-2-1-3-6(8,9)4-5/h1-3H,4,7-9H2. The molecule has 1 aliphatic rings. The van der Waals surface area contributed by atoms with E-state index in [2.05, 4.69) is 0 Å². The molecule has 0 amide bonds. The van der Waals surface area contributed by atoms with Gasteiger partial charge < -0.3 is 17.2 Å². The molecule has 3 nitrogen and oxygen atoms in total. The van der Waals surface area contributed by atoms with Gasteiger partial charge in [-0.05, 0) is 6.08 Å². The van der Waals surface area contributed by atoms with Crippen LogP contribution in [0.1, 0.15) is 6.42 Å². The lowest BCUT2D eigenvalue weighted by Gasteiger charge is -2.22. The van der Waals surface area contributed by atoms with Crippen LogP contribution in [0.4, 0.5) is 0 Å². The number of allylic oxidation sites excluding steroid dienone is 2. The van der Waals surface area contributed by atoms with Gasteiger partial charge in [0.15, 0.2) is 0 Å². The molecule has 3 heteroatoms. The molecule has 1 rings (SSSR count). The number of nitrogens with two attached hydrogens (primary N) is 3. The van der Waals surface area contributed by atoms with Gasteiger partial charge in [0, 0.05) is 12.1 Å².